The average Bonchev–Trinajstić information content (AvgIpc) is 2.14. The summed E-state index contributed by atoms with van der Waals surface area (Å²) in [5, 5.41) is 2.62. The van der Waals surface area contributed by atoms with Crippen LogP contribution in [0.1, 0.15) is 19.3 Å². The van der Waals surface area contributed by atoms with Gasteiger partial charge in [-0.1, -0.05) is 0 Å². The van der Waals surface area contributed by atoms with Gasteiger partial charge in [-0.15, -0.1) is 0 Å². The lowest BCUT2D eigenvalue weighted by atomic mass is 10.1. The van der Waals surface area contributed by atoms with Crippen molar-refractivity contribution < 1.29 is 19.1 Å². The zero-order valence-corrected chi connectivity index (χ0v) is 6.46. The smallest absolute Gasteiger partial charge is 0.381 e. The van der Waals surface area contributed by atoms with Crippen LogP contribution in [-0.2, 0) is 14.3 Å². The maximum absolute atomic E-state index is 11.3. The van der Waals surface area contributed by atoms with Crippen molar-refractivity contribution in [2.75, 3.05) is 6.54 Å². The number of hydrogen-bond donors (Lipinski definition) is 1. The molecule has 0 aromatic carbocycles. The molecule has 5 heteroatoms. The molecule has 0 unspecified atom stereocenters. The summed E-state index contributed by atoms with van der Waals surface area (Å²) in [4.78, 5) is 21.7. The van der Waals surface area contributed by atoms with Gasteiger partial charge in [0.2, 0.25) is 0 Å². The molecule has 0 atom stereocenters. The van der Waals surface area contributed by atoms with Gasteiger partial charge in [-0.2, -0.15) is 0 Å². The molecule has 0 bridgehead atoms. The van der Waals surface area contributed by atoms with Crippen LogP contribution < -0.4 is 5.32 Å². The van der Waals surface area contributed by atoms with Gasteiger partial charge in [-0.25, -0.2) is 4.79 Å². The van der Waals surface area contributed by atoms with E-state index in [2.05, 4.69) is 14.8 Å². The van der Waals surface area contributed by atoms with Crippen LogP contribution in [0.3, 0.4) is 0 Å². The quantitative estimate of drug-likeness (QED) is 0.527. The number of rotatable bonds is 0. The largest absolute Gasteiger partial charge is 0.515 e. The molecule has 2 heterocycles. The second-order valence-corrected chi connectivity index (χ2v) is 2.92. The number of hydrogen-bond acceptors (Lipinski definition) is 4. The summed E-state index contributed by atoms with van der Waals surface area (Å²) < 4.78 is 9.37. The van der Waals surface area contributed by atoms with E-state index in [1.54, 1.807) is 0 Å². The Morgan fingerprint density at radius 2 is 2.00 bits per heavy atom. The number of amides is 1. The predicted molar refractivity (Wildman–Crippen MR) is 37.2 cm³/mol. The first-order valence-electron chi connectivity index (χ1n) is 3.93. The van der Waals surface area contributed by atoms with Gasteiger partial charge in [0.15, 0.2) is 0 Å². The molecular weight excluding hydrogens is 162 g/mol. The van der Waals surface area contributed by atoms with Gasteiger partial charge >= 0.3 is 17.8 Å². The minimum absolute atomic E-state index is 0.334. The van der Waals surface area contributed by atoms with Crippen LogP contribution in [0.5, 0.6) is 0 Å². The highest BCUT2D eigenvalue weighted by atomic mass is 16.9. The summed E-state index contributed by atoms with van der Waals surface area (Å²) in [6.07, 6.45) is 1.43. The maximum atomic E-state index is 11.3. The van der Waals surface area contributed by atoms with E-state index in [1.807, 2.05) is 0 Å². The lowest BCUT2D eigenvalue weighted by molar-refractivity contribution is -0.259. The summed E-state index contributed by atoms with van der Waals surface area (Å²) in [5.74, 6) is -1.62. The van der Waals surface area contributed by atoms with Crippen molar-refractivity contribution >= 4 is 12.1 Å². The summed E-state index contributed by atoms with van der Waals surface area (Å²) in [7, 11) is 0. The third-order valence-corrected chi connectivity index (χ3v) is 2.06. The van der Waals surface area contributed by atoms with Crippen molar-refractivity contribution in [3.05, 3.63) is 0 Å². The third kappa shape index (κ3) is 0.929. The van der Waals surface area contributed by atoms with Crippen molar-refractivity contribution in [3.63, 3.8) is 0 Å². The highest BCUT2D eigenvalue weighted by Crippen LogP contribution is 2.32. The normalized spacial score (nSPS) is 26.3. The Morgan fingerprint density at radius 3 is 2.67 bits per heavy atom. The van der Waals surface area contributed by atoms with Gasteiger partial charge in [0.25, 0.3) is 0 Å². The molecule has 0 aromatic heterocycles. The first-order valence-corrected chi connectivity index (χ1v) is 3.93. The van der Waals surface area contributed by atoms with Crippen molar-refractivity contribution in [3.8, 4) is 0 Å². The molecule has 2 rings (SSSR count). The fourth-order valence-corrected chi connectivity index (χ4v) is 1.40. The second-order valence-electron chi connectivity index (χ2n) is 2.92. The highest BCUT2D eigenvalue weighted by Gasteiger charge is 2.55. The van der Waals surface area contributed by atoms with Crippen LogP contribution in [0.25, 0.3) is 0 Å². The molecule has 12 heavy (non-hydrogen) atoms. The topological polar surface area (TPSA) is 64.6 Å². The van der Waals surface area contributed by atoms with E-state index < -0.39 is 11.9 Å². The molecule has 2 aliphatic heterocycles. The van der Waals surface area contributed by atoms with E-state index in [0.29, 0.717) is 13.0 Å². The van der Waals surface area contributed by atoms with Gasteiger partial charge in [0.1, 0.15) is 0 Å². The van der Waals surface area contributed by atoms with Gasteiger partial charge in [0.05, 0.1) is 0 Å². The van der Waals surface area contributed by atoms with Crippen molar-refractivity contribution in [1.29, 1.82) is 0 Å². The van der Waals surface area contributed by atoms with Crippen LogP contribution in [-0.4, -0.2) is 24.4 Å². The van der Waals surface area contributed by atoms with Gasteiger partial charge in [0, 0.05) is 13.0 Å². The molecule has 66 valence electrons. The zero-order chi connectivity index (χ0) is 8.60. The van der Waals surface area contributed by atoms with Crippen LogP contribution in [0.4, 0.5) is 4.79 Å². The molecule has 5 nitrogen and oxygen atoms in total. The van der Waals surface area contributed by atoms with Gasteiger partial charge < -0.3 is 14.8 Å². The van der Waals surface area contributed by atoms with Gasteiger partial charge in [-0.3, -0.25) is 4.79 Å². The molecule has 2 saturated heterocycles. The first-order chi connectivity index (χ1) is 5.73. The Balaban J connectivity index is 2.11. The summed E-state index contributed by atoms with van der Waals surface area (Å²) >= 11 is 0. The molecule has 2 aliphatic rings. The Kier molecular flexibility index (Phi) is 1.46. The monoisotopic (exact) mass is 171 g/mol. The number of carbonyl (C=O) groups is 2. The van der Waals surface area contributed by atoms with E-state index in [4.69, 9.17) is 0 Å². The number of carbonyl (C=O) groups excluding carboxylic acids is 2. The lowest BCUT2D eigenvalue weighted by Gasteiger charge is -2.36. The summed E-state index contributed by atoms with van der Waals surface area (Å²) in [6.45, 7) is 0.626. The average molecular weight is 171 g/mol. The summed E-state index contributed by atoms with van der Waals surface area (Å²) in [6, 6.07) is 0. The molecule has 1 spiro atoms. The Hall–Kier alpha value is -1.26. The third-order valence-electron chi connectivity index (χ3n) is 2.06. The minimum Gasteiger partial charge on any atom is -0.381 e. The van der Waals surface area contributed by atoms with E-state index in [-0.39, 0.29) is 5.91 Å². The van der Waals surface area contributed by atoms with Crippen LogP contribution in [0, 0.1) is 0 Å². The Labute approximate surface area is 69.0 Å². The fourth-order valence-electron chi connectivity index (χ4n) is 1.40. The molecule has 0 aliphatic carbocycles. The predicted octanol–water partition coefficient (Wildman–Crippen LogP) is 0.150. The van der Waals surface area contributed by atoms with Crippen LogP contribution in [0.2, 0.25) is 0 Å². The number of nitrogens with one attached hydrogen (secondary N) is 1. The van der Waals surface area contributed by atoms with Gasteiger partial charge in [-0.05, 0) is 12.8 Å². The van der Waals surface area contributed by atoms with Crippen LogP contribution in [0.15, 0.2) is 0 Å². The van der Waals surface area contributed by atoms with Crippen molar-refractivity contribution in [1.82, 2.24) is 5.32 Å². The minimum atomic E-state index is -1.28. The van der Waals surface area contributed by atoms with E-state index >= 15 is 0 Å². The Morgan fingerprint density at radius 1 is 1.25 bits per heavy atom. The molecule has 0 radical (unpaired) electrons. The molecule has 2 fully saturated rings. The maximum Gasteiger partial charge on any atom is 0.515 e. The van der Waals surface area contributed by atoms with E-state index in [1.165, 1.54) is 0 Å². The zero-order valence-electron chi connectivity index (χ0n) is 6.46. The summed E-state index contributed by atoms with van der Waals surface area (Å²) in [5.41, 5.74) is 0. The fraction of sp³-hybridized carbons (Fsp3) is 0.714. The van der Waals surface area contributed by atoms with E-state index in [0.717, 1.165) is 12.8 Å². The van der Waals surface area contributed by atoms with Crippen LogP contribution >= 0.6 is 0 Å². The first kappa shape index (κ1) is 7.39. The number of ether oxygens (including phenoxy) is 2. The molecule has 1 N–H and O–H groups in total. The highest BCUT2D eigenvalue weighted by molar-refractivity contribution is 5.90. The molecule has 0 aromatic rings. The SMILES string of the molecule is O=C1OC2(CCCCNC2=O)O1. The standard InChI is InChI=1S/C7H9NO4/c9-5-7(11-6(10)12-7)3-1-2-4-8-5/h1-4H2,(H,8,9). The van der Waals surface area contributed by atoms with E-state index in [9.17, 15) is 9.59 Å². The Bertz CT molecular complexity index is 230. The van der Waals surface area contributed by atoms with Crippen molar-refractivity contribution in [2.24, 2.45) is 0 Å². The molecular formula is C7H9NO4. The molecule has 0 saturated carbocycles. The molecule has 1 amide bonds. The van der Waals surface area contributed by atoms with Crippen molar-refractivity contribution in [2.45, 2.75) is 25.0 Å². The second kappa shape index (κ2) is 2.36. The lowest BCUT2D eigenvalue weighted by Crippen LogP contribution is -2.59.